The van der Waals surface area contributed by atoms with Crippen LogP contribution in [-0.2, 0) is 0 Å². The van der Waals surface area contributed by atoms with Gasteiger partial charge in [-0.05, 0) is 33.2 Å². The maximum atomic E-state index is 4.47. The average molecular weight is 159 g/mol. The molecule has 0 N–H and O–H groups in total. The molecule has 0 saturated carbocycles. The number of thiol groups is 1. The molecule has 0 aromatic carbocycles. The second-order valence-corrected chi connectivity index (χ2v) is 4.12. The molecule has 0 spiro atoms. The highest BCUT2D eigenvalue weighted by molar-refractivity contribution is 7.81. The van der Waals surface area contributed by atoms with Crippen LogP contribution in [-0.4, -0.2) is 29.3 Å². The van der Waals surface area contributed by atoms with Crippen LogP contribution in [0.3, 0.4) is 0 Å². The van der Waals surface area contributed by atoms with Gasteiger partial charge in [-0.1, -0.05) is 0 Å². The quantitative estimate of drug-likeness (QED) is 0.571. The Morgan fingerprint density at radius 2 is 2.20 bits per heavy atom. The number of likely N-dealkylation sites (tertiary alicyclic amines) is 1. The van der Waals surface area contributed by atoms with Crippen LogP contribution in [0.4, 0.5) is 0 Å². The largest absolute Gasteiger partial charge is 0.300 e. The van der Waals surface area contributed by atoms with Crippen LogP contribution >= 0.6 is 12.6 Å². The first-order valence-corrected chi connectivity index (χ1v) is 4.64. The van der Waals surface area contributed by atoms with E-state index in [9.17, 15) is 0 Å². The highest BCUT2D eigenvalue weighted by Crippen LogP contribution is 2.16. The topological polar surface area (TPSA) is 3.24 Å². The lowest BCUT2D eigenvalue weighted by molar-refractivity contribution is 0.190. The van der Waals surface area contributed by atoms with E-state index in [1.165, 1.54) is 25.9 Å². The van der Waals surface area contributed by atoms with Gasteiger partial charge in [-0.2, -0.15) is 12.6 Å². The van der Waals surface area contributed by atoms with E-state index in [0.717, 1.165) is 0 Å². The van der Waals surface area contributed by atoms with E-state index in [4.69, 9.17) is 0 Å². The van der Waals surface area contributed by atoms with Crippen LogP contribution in [0.15, 0.2) is 0 Å². The Kier molecular flexibility index (Phi) is 3.05. The van der Waals surface area contributed by atoms with Crippen molar-refractivity contribution in [1.29, 1.82) is 0 Å². The van der Waals surface area contributed by atoms with Gasteiger partial charge in [0.2, 0.25) is 0 Å². The van der Waals surface area contributed by atoms with Crippen molar-refractivity contribution in [3.8, 4) is 0 Å². The molecule has 0 unspecified atom stereocenters. The first kappa shape index (κ1) is 8.41. The van der Waals surface area contributed by atoms with Crippen LogP contribution < -0.4 is 0 Å². The van der Waals surface area contributed by atoms with Gasteiger partial charge in [-0.25, -0.2) is 0 Å². The van der Waals surface area contributed by atoms with E-state index >= 15 is 0 Å². The van der Waals surface area contributed by atoms with Crippen molar-refractivity contribution in [2.45, 2.75) is 38.0 Å². The number of nitrogens with zero attached hydrogens (tertiary/aromatic N) is 1. The van der Waals surface area contributed by atoms with E-state index < -0.39 is 0 Å². The molecule has 0 amide bonds. The lowest BCUT2D eigenvalue weighted by Crippen LogP contribution is -2.40. The Labute approximate surface area is 69.2 Å². The third-order valence-electron chi connectivity index (χ3n) is 2.16. The van der Waals surface area contributed by atoms with Gasteiger partial charge in [0.25, 0.3) is 0 Å². The molecule has 1 atom stereocenters. The van der Waals surface area contributed by atoms with Gasteiger partial charge in [0.05, 0.1) is 0 Å². The highest BCUT2D eigenvalue weighted by atomic mass is 32.1. The Morgan fingerprint density at radius 3 is 2.60 bits per heavy atom. The second-order valence-electron chi connectivity index (χ2n) is 3.38. The first-order valence-electron chi connectivity index (χ1n) is 4.12. The number of rotatable bonds is 1. The van der Waals surface area contributed by atoms with Crippen LogP contribution in [0.1, 0.15) is 26.7 Å². The SMILES string of the molecule is CC(C)N1CCC[C@H](S)C1. The maximum absolute atomic E-state index is 4.47. The Balaban J connectivity index is 2.32. The fourth-order valence-electron chi connectivity index (χ4n) is 1.45. The zero-order valence-corrected chi connectivity index (χ0v) is 7.77. The summed E-state index contributed by atoms with van der Waals surface area (Å²) in [6, 6.07) is 0.704. The lowest BCUT2D eigenvalue weighted by Gasteiger charge is -2.33. The Hall–Kier alpha value is 0.310. The number of piperidine rings is 1. The smallest absolute Gasteiger partial charge is 0.0145 e. The molecule has 0 aromatic heterocycles. The second kappa shape index (κ2) is 3.63. The zero-order valence-electron chi connectivity index (χ0n) is 6.88. The molecule has 1 fully saturated rings. The summed E-state index contributed by atoms with van der Waals surface area (Å²) in [4.78, 5) is 2.50. The predicted octanol–water partition coefficient (Wildman–Crippen LogP) is 1.79. The van der Waals surface area contributed by atoms with Gasteiger partial charge in [0, 0.05) is 17.8 Å². The van der Waals surface area contributed by atoms with E-state index in [0.29, 0.717) is 11.3 Å². The monoisotopic (exact) mass is 159 g/mol. The summed E-state index contributed by atoms with van der Waals surface area (Å²) < 4.78 is 0. The summed E-state index contributed by atoms with van der Waals surface area (Å²) in [7, 11) is 0. The molecule has 1 rings (SSSR count). The van der Waals surface area contributed by atoms with Crippen molar-refractivity contribution in [1.82, 2.24) is 4.90 Å². The average Bonchev–Trinajstić information content (AvgIpc) is 1.88. The van der Waals surface area contributed by atoms with Crippen LogP contribution in [0.2, 0.25) is 0 Å². The first-order chi connectivity index (χ1) is 4.70. The summed E-state index contributed by atoms with van der Waals surface area (Å²) in [6.45, 7) is 6.97. The fourth-order valence-corrected chi connectivity index (χ4v) is 1.84. The molecule has 0 aromatic rings. The van der Waals surface area contributed by atoms with E-state index in [-0.39, 0.29) is 0 Å². The van der Waals surface area contributed by atoms with E-state index in [1.807, 2.05) is 0 Å². The minimum Gasteiger partial charge on any atom is -0.300 e. The molecule has 1 nitrogen and oxygen atoms in total. The fraction of sp³-hybridized carbons (Fsp3) is 1.00. The van der Waals surface area contributed by atoms with Crippen molar-refractivity contribution >= 4 is 12.6 Å². The van der Waals surface area contributed by atoms with Gasteiger partial charge in [0.1, 0.15) is 0 Å². The van der Waals surface area contributed by atoms with Crippen LogP contribution in [0.5, 0.6) is 0 Å². The molecule has 1 aliphatic rings. The summed E-state index contributed by atoms with van der Waals surface area (Å²) in [5, 5.41) is 0.621. The van der Waals surface area contributed by atoms with Crippen molar-refractivity contribution < 1.29 is 0 Å². The highest BCUT2D eigenvalue weighted by Gasteiger charge is 2.18. The van der Waals surface area contributed by atoms with Gasteiger partial charge in [0.15, 0.2) is 0 Å². The van der Waals surface area contributed by atoms with E-state index in [2.05, 4.69) is 31.4 Å². The number of hydrogen-bond acceptors (Lipinski definition) is 2. The Bertz CT molecular complexity index is 103. The van der Waals surface area contributed by atoms with Gasteiger partial charge < -0.3 is 0 Å². The molecule has 2 heteroatoms. The van der Waals surface area contributed by atoms with Crippen molar-refractivity contribution in [2.75, 3.05) is 13.1 Å². The molecule has 1 aliphatic heterocycles. The van der Waals surface area contributed by atoms with Crippen LogP contribution in [0.25, 0.3) is 0 Å². The van der Waals surface area contributed by atoms with Gasteiger partial charge in [-0.3, -0.25) is 4.90 Å². The summed E-state index contributed by atoms with van der Waals surface area (Å²) in [5.41, 5.74) is 0. The van der Waals surface area contributed by atoms with Crippen molar-refractivity contribution in [2.24, 2.45) is 0 Å². The molecule has 0 bridgehead atoms. The molecular weight excluding hydrogens is 142 g/mol. The molecule has 10 heavy (non-hydrogen) atoms. The summed E-state index contributed by atoms with van der Waals surface area (Å²) in [5.74, 6) is 0. The third kappa shape index (κ3) is 2.17. The Morgan fingerprint density at radius 1 is 1.50 bits per heavy atom. The molecule has 0 radical (unpaired) electrons. The molecule has 1 saturated heterocycles. The maximum Gasteiger partial charge on any atom is 0.0145 e. The molecule has 0 aliphatic carbocycles. The van der Waals surface area contributed by atoms with Crippen molar-refractivity contribution in [3.63, 3.8) is 0 Å². The van der Waals surface area contributed by atoms with E-state index in [1.54, 1.807) is 0 Å². The number of hydrogen-bond donors (Lipinski definition) is 1. The predicted molar refractivity (Wildman–Crippen MR) is 48.7 cm³/mol. The minimum atomic E-state index is 0.621. The third-order valence-corrected chi connectivity index (χ3v) is 2.58. The van der Waals surface area contributed by atoms with Crippen molar-refractivity contribution in [3.05, 3.63) is 0 Å². The summed E-state index contributed by atoms with van der Waals surface area (Å²) in [6.07, 6.45) is 2.62. The summed E-state index contributed by atoms with van der Waals surface area (Å²) >= 11 is 4.47. The molecular formula is C8H17NS. The van der Waals surface area contributed by atoms with Gasteiger partial charge in [-0.15, -0.1) is 0 Å². The minimum absolute atomic E-state index is 0.621. The standard InChI is InChI=1S/C8H17NS/c1-7(2)9-5-3-4-8(10)6-9/h7-8,10H,3-6H2,1-2H3/t8-/m0/s1. The lowest BCUT2D eigenvalue weighted by atomic mass is 10.1. The molecule has 60 valence electrons. The van der Waals surface area contributed by atoms with Crippen LogP contribution in [0, 0.1) is 0 Å². The zero-order chi connectivity index (χ0) is 7.56. The normalized spacial score (nSPS) is 29.4. The van der Waals surface area contributed by atoms with Gasteiger partial charge >= 0.3 is 0 Å². The molecule has 1 heterocycles.